The lowest BCUT2D eigenvalue weighted by Gasteiger charge is -2.12. The van der Waals surface area contributed by atoms with Crippen molar-refractivity contribution in [2.24, 2.45) is 0 Å². The van der Waals surface area contributed by atoms with Gasteiger partial charge in [0.2, 0.25) is 11.5 Å². The Kier molecular flexibility index (Phi) is 8.52. The highest BCUT2D eigenvalue weighted by atomic mass is 32.1. The molecule has 1 aromatic heterocycles. The van der Waals surface area contributed by atoms with Gasteiger partial charge in [-0.15, -0.1) is 0 Å². The molecule has 0 aliphatic rings. The lowest BCUT2D eigenvalue weighted by atomic mass is 10.1. The first kappa shape index (κ1) is 25.4. The summed E-state index contributed by atoms with van der Waals surface area (Å²) in [5, 5.41) is 10.9. The molecule has 10 nitrogen and oxygen atoms in total. The second kappa shape index (κ2) is 11.7. The highest BCUT2D eigenvalue weighted by Crippen LogP contribution is 2.39. The minimum Gasteiger partial charge on any atom is -0.493 e. The van der Waals surface area contributed by atoms with Gasteiger partial charge >= 0.3 is 11.2 Å². The third-order valence-electron chi connectivity index (χ3n) is 4.66. The fraction of sp³-hybridized carbons (Fsp3) is 0.208. The van der Waals surface area contributed by atoms with Crippen LogP contribution in [0.4, 0.5) is 9.80 Å². The van der Waals surface area contributed by atoms with Crippen molar-refractivity contribution >= 4 is 34.6 Å². The first-order valence-corrected chi connectivity index (χ1v) is 10.9. The molecule has 0 N–H and O–H groups in total. The molecule has 0 bridgehead atoms. The minimum absolute atomic E-state index is 0.110. The maximum atomic E-state index is 12.1. The van der Waals surface area contributed by atoms with Crippen molar-refractivity contribution in [2.75, 3.05) is 28.4 Å². The van der Waals surface area contributed by atoms with E-state index in [-0.39, 0.29) is 23.1 Å². The first-order chi connectivity index (χ1) is 16.9. The Labute approximate surface area is 205 Å². The number of carbonyl (C=O) groups is 1. The molecule has 0 saturated carbocycles. The van der Waals surface area contributed by atoms with Gasteiger partial charge in [0.15, 0.2) is 11.5 Å². The van der Waals surface area contributed by atoms with Crippen molar-refractivity contribution in [1.29, 1.82) is 0 Å². The summed E-state index contributed by atoms with van der Waals surface area (Å²) in [5.41, 5.74) is 1.58. The molecule has 0 aliphatic heterocycles. The third-order valence-corrected chi connectivity index (χ3v) is 5.70. The van der Waals surface area contributed by atoms with E-state index in [1.165, 1.54) is 20.3 Å². The van der Waals surface area contributed by atoms with E-state index in [2.05, 4.69) is 0 Å². The number of hydrogen-bond donors (Lipinski definition) is 0. The molecule has 184 valence electrons. The first-order valence-electron chi connectivity index (χ1n) is 10.1. The molecule has 0 fully saturated rings. The van der Waals surface area contributed by atoms with Gasteiger partial charge in [-0.25, -0.2) is 4.79 Å². The van der Waals surface area contributed by atoms with Gasteiger partial charge in [0.1, 0.15) is 12.4 Å². The van der Waals surface area contributed by atoms with Crippen LogP contribution in [0.5, 0.6) is 28.7 Å². The van der Waals surface area contributed by atoms with Crippen LogP contribution in [0.1, 0.15) is 16.0 Å². The Morgan fingerprint density at radius 1 is 0.914 bits per heavy atom. The average Bonchev–Trinajstić information content (AvgIpc) is 3.29. The lowest BCUT2D eigenvalue weighted by Crippen LogP contribution is -2.10. The third kappa shape index (κ3) is 6.42. The highest BCUT2D eigenvalue weighted by molar-refractivity contribution is 7.15. The number of rotatable bonds is 10. The van der Waals surface area contributed by atoms with Crippen molar-refractivity contribution in [3.63, 3.8) is 0 Å². The van der Waals surface area contributed by atoms with E-state index >= 15 is 0 Å². The fourth-order valence-corrected chi connectivity index (χ4v) is 3.93. The summed E-state index contributed by atoms with van der Waals surface area (Å²) in [4.78, 5) is 23.0. The van der Waals surface area contributed by atoms with Crippen LogP contribution in [0.25, 0.3) is 12.2 Å². The summed E-state index contributed by atoms with van der Waals surface area (Å²) in [5.74, 6) is 1.94. The average molecular weight is 502 g/mol. The van der Waals surface area contributed by atoms with Gasteiger partial charge in [-0.3, -0.25) is 10.1 Å². The summed E-state index contributed by atoms with van der Waals surface area (Å²) < 4.78 is 31.3. The van der Waals surface area contributed by atoms with Crippen molar-refractivity contribution in [3.8, 4) is 28.7 Å². The zero-order valence-corrected chi connectivity index (χ0v) is 20.2. The molecule has 1 heterocycles. The molecular weight excluding hydrogens is 478 g/mol. The molecular formula is C24H23NO9S. The summed E-state index contributed by atoms with van der Waals surface area (Å²) >= 11 is 0.863. The van der Waals surface area contributed by atoms with E-state index in [1.807, 2.05) is 18.2 Å². The number of nitrogens with zero attached hydrogens (tertiary/aromatic N) is 1. The molecule has 2 aromatic carbocycles. The van der Waals surface area contributed by atoms with Crippen molar-refractivity contribution < 1.29 is 38.1 Å². The minimum atomic E-state index is -0.939. The van der Waals surface area contributed by atoms with Gasteiger partial charge < -0.3 is 28.4 Å². The van der Waals surface area contributed by atoms with Crippen LogP contribution in [0.3, 0.4) is 0 Å². The molecule has 3 aromatic rings. The monoisotopic (exact) mass is 501 g/mol. The maximum Gasteiger partial charge on any atom is 0.514 e. The standard InChI is InChI=1S/C24H23NO9S/c1-29-19-11-16(12-20(30-2)22(19)32-4)9-8-15-6-5-7-17(10-15)34-24(26)33-14-18-13-21(31-3)23(35-18)25(27)28/h5-13H,14H2,1-4H3. The Bertz CT molecular complexity index is 1210. The van der Waals surface area contributed by atoms with Crippen LogP contribution in [-0.2, 0) is 11.3 Å². The largest absolute Gasteiger partial charge is 0.514 e. The summed E-state index contributed by atoms with van der Waals surface area (Å²) in [6.45, 7) is -0.186. The Balaban J connectivity index is 1.66. The zero-order valence-electron chi connectivity index (χ0n) is 19.4. The number of nitro groups is 1. The van der Waals surface area contributed by atoms with Crippen molar-refractivity contribution in [2.45, 2.75) is 6.61 Å². The molecule has 0 atom stereocenters. The predicted molar refractivity (Wildman–Crippen MR) is 130 cm³/mol. The van der Waals surface area contributed by atoms with E-state index in [1.54, 1.807) is 44.6 Å². The highest BCUT2D eigenvalue weighted by Gasteiger charge is 2.21. The molecule has 0 radical (unpaired) electrons. The molecule has 11 heteroatoms. The second-order valence-corrected chi connectivity index (χ2v) is 7.96. The molecule has 0 saturated heterocycles. The van der Waals surface area contributed by atoms with Crippen LogP contribution >= 0.6 is 11.3 Å². The van der Waals surface area contributed by atoms with E-state index in [4.69, 9.17) is 28.4 Å². The van der Waals surface area contributed by atoms with E-state index in [9.17, 15) is 14.9 Å². The van der Waals surface area contributed by atoms with E-state index in [0.29, 0.717) is 22.1 Å². The maximum absolute atomic E-state index is 12.1. The quantitative estimate of drug-likeness (QED) is 0.115. The zero-order chi connectivity index (χ0) is 25.4. The van der Waals surface area contributed by atoms with Crippen LogP contribution in [0, 0.1) is 10.1 Å². The van der Waals surface area contributed by atoms with Gasteiger partial charge in [0, 0.05) is 6.07 Å². The van der Waals surface area contributed by atoms with Gasteiger partial charge in [-0.1, -0.05) is 35.6 Å². The van der Waals surface area contributed by atoms with Gasteiger partial charge in [0.05, 0.1) is 38.2 Å². The number of ether oxygens (including phenoxy) is 6. The molecule has 3 rings (SSSR count). The second-order valence-electron chi connectivity index (χ2n) is 6.85. The SMILES string of the molecule is COc1cc(COC(=O)Oc2cccc(C=Cc3cc(OC)c(OC)c(OC)c3)c2)sc1[N+](=O)[O-]. The molecule has 35 heavy (non-hydrogen) atoms. The lowest BCUT2D eigenvalue weighted by molar-refractivity contribution is -0.381. The van der Waals surface area contributed by atoms with Crippen LogP contribution in [-0.4, -0.2) is 39.5 Å². The Morgan fingerprint density at radius 2 is 1.57 bits per heavy atom. The number of thiophene rings is 1. The molecule has 0 amide bonds. The summed E-state index contributed by atoms with van der Waals surface area (Å²) in [6, 6.07) is 11.9. The number of benzene rings is 2. The summed E-state index contributed by atoms with van der Waals surface area (Å²) in [6.07, 6.45) is 2.74. The van der Waals surface area contributed by atoms with Gasteiger partial charge in [0.25, 0.3) is 0 Å². The number of hydrogen-bond acceptors (Lipinski definition) is 10. The number of carbonyl (C=O) groups excluding carboxylic acids is 1. The predicted octanol–water partition coefficient (Wildman–Crippen LogP) is 5.58. The number of methoxy groups -OCH3 is 4. The fourth-order valence-electron chi connectivity index (χ4n) is 3.08. The van der Waals surface area contributed by atoms with Crippen LogP contribution in [0.15, 0.2) is 42.5 Å². The topological polar surface area (TPSA) is 116 Å². The van der Waals surface area contributed by atoms with Crippen LogP contribution in [0.2, 0.25) is 0 Å². The van der Waals surface area contributed by atoms with E-state index < -0.39 is 11.1 Å². The van der Waals surface area contributed by atoms with Crippen molar-refractivity contribution in [1.82, 2.24) is 0 Å². The van der Waals surface area contributed by atoms with Crippen molar-refractivity contribution in [3.05, 3.63) is 68.6 Å². The Morgan fingerprint density at radius 3 is 2.14 bits per heavy atom. The smallest absolute Gasteiger partial charge is 0.493 e. The normalized spacial score (nSPS) is 10.6. The Hall–Kier alpha value is -4.25. The van der Waals surface area contributed by atoms with Crippen LogP contribution < -0.4 is 23.7 Å². The summed E-state index contributed by atoms with van der Waals surface area (Å²) in [7, 11) is 5.95. The van der Waals surface area contributed by atoms with E-state index in [0.717, 1.165) is 22.5 Å². The molecule has 0 unspecified atom stereocenters. The van der Waals surface area contributed by atoms with Gasteiger partial charge in [-0.05, 0) is 35.4 Å². The van der Waals surface area contributed by atoms with Gasteiger partial charge in [-0.2, -0.15) is 0 Å². The molecule has 0 spiro atoms. The molecule has 0 aliphatic carbocycles.